The second-order valence-electron chi connectivity index (χ2n) is 5.60. The number of para-hydroxylation sites is 1. The zero-order valence-corrected chi connectivity index (χ0v) is 12.9. The van der Waals surface area contributed by atoms with Gasteiger partial charge in [-0.25, -0.2) is 0 Å². The maximum Gasteiger partial charge on any atom is 0.138 e. The summed E-state index contributed by atoms with van der Waals surface area (Å²) in [7, 11) is 2.15. The second kappa shape index (κ2) is 7.10. The van der Waals surface area contributed by atoms with Crippen molar-refractivity contribution >= 4 is 17.0 Å². The van der Waals surface area contributed by atoms with E-state index in [1.54, 1.807) is 6.26 Å². The van der Waals surface area contributed by atoms with Gasteiger partial charge >= 0.3 is 0 Å². The highest BCUT2D eigenvalue weighted by molar-refractivity contribution is 5.80. The molecule has 0 spiro atoms. The van der Waals surface area contributed by atoms with Crippen molar-refractivity contribution in [3.05, 3.63) is 78.1 Å². The van der Waals surface area contributed by atoms with E-state index in [9.17, 15) is 0 Å². The highest BCUT2D eigenvalue weighted by Crippen LogP contribution is 2.20. The lowest BCUT2D eigenvalue weighted by atomic mass is 10.1. The topological polar surface area (TPSA) is 16.4 Å². The lowest BCUT2D eigenvalue weighted by molar-refractivity contribution is 0.333. The third-order valence-electron chi connectivity index (χ3n) is 3.79. The normalized spacial score (nSPS) is 11.7. The molecule has 0 aliphatic carbocycles. The summed E-state index contributed by atoms with van der Waals surface area (Å²) >= 11 is 0. The van der Waals surface area contributed by atoms with Crippen molar-refractivity contribution in [1.82, 2.24) is 4.90 Å². The molecule has 0 aliphatic rings. The third kappa shape index (κ3) is 3.66. The zero-order valence-electron chi connectivity index (χ0n) is 12.9. The Labute approximate surface area is 131 Å². The average Bonchev–Trinajstić information content (AvgIpc) is 3.02. The van der Waals surface area contributed by atoms with Gasteiger partial charge < -0.3 is 9.32 Å². The van der Waals surface area contributed by atoms with Crippen LogP contribution in [0.25, 0.3) is 17.0 Å². The molecule has 0 atom stereocenters. The smallest absolute Gasteiger partial charge is 0.138 e. The number of hydrogen-bond acceptors (Lipinski definition) is 2. The number of benzene rings is 2. The van der Waals surface area contributed by atoms with E-state index in [1.165, 1.54) is 16.5 Å². The van der Waals surface area contributed by atoms with Crippen molar-refractivity contribution in [3.8, 4) is 0 Å². The van der Waals surface area contributed by atoms with Crippen LogP contribution < -0.4 is 0 Å². The molecular formula is C20H21NO. The summed E-state index contributed by atoms with van der Waals surface area (Å²) < 4.78 is 5.59. The lowest BCUT2D eigenvalue weighted by Gasteiger charge is -2.15. The number of hydrogen-bond donors (Lipinski definition) is 0. The summed E-state index contributed by atoms with van der Waals surface area (Å²) in [4.78, 5) is 2.33. The molecule has 1 heterocycles. The maximum absolute atomic E-state index is 5.59. The maximum atomic E-state index is 5.59. The Morgan fingerprint density at radius 1 is 1.00 bits per heavy atom. The van der Waals surface area contributed by atoms with Gasteiger partial charge in [0.25, 0.3) is 0 Å². The van der Waals surface area contributed by atoms with Crippen LogP contribution in [0.1, 0.15) is 17.5 Å². The Kier molecular flexibility index (Phi) is 4.71. The molecule has 2 aromatic carbocycles. The monoisotopic (exact) mass is 291 g/mol. The zero-order chi connectivity index (χ0) is 15.2. The number of furan rings is 1. The van der Waals surface area contributed by atoms with Crippen LogP contribution in [-0.2, 0) is 6.54 Å². The van der Waals surface area contributed by atoms with Crippen molar-refractivity contribution in [2.75, 3.05) is 13.6 Å². The summed E-state index contributed by atoms with van der Waals surface area (Å²) in [5.41, 5.74) is 3.51. The van der Waals surface area contributed by atoms with Crippen LogP contribution in [-0.4, -0.2) is 18.5 Å². The molecule has 1 aromatic heterocycles. The van der Waals surface area contributed by atoms with Gasteiger partial charge in [-0.15, -0.1) is 0 Å². The standard InChI is InChI=1S/C20H21NO/c1-21(14-6-5-10-17-8-3-2-4-9-17)16-19-12-7-11-18-13-15-22-20(18)19/h2-5,7-13,15H,6,14,16H2,1H3/b10-5+. The van der Waals surface area contributed by atoms with E-state index in [1.807, 2.05) is 12.1 Å². The molecule has 0 radical (unpaired) electrons. The van der Waals surface area contributed by atoms with Crippen LogP contribution in [0.5, 0.6) is 0 Å². The lowest BCUT2D eigenvalue weighted by Crippen LogP contribution is -2.18. The Morgan fingerprint density at radius 3 is 2.73 bits per heavy atom. The molecule has 2 heteroatoms. The number of fused-ring (bicyclic) bond motifs is 1. The minimum absolute atomic E-state index is 0.907. The summed E-state index contributed by atoms with van der Waals surface area (Å²) in [6.45, 7) is 1.93. The summed E-state index contributed by atoms with van der Waals surface area (Å²) in [6, 6.07) is 18.8. The molecule has 0 saturated carbocycles. The summed E-state index contributed by atoms with van der Waals surface area (Å²) in [5, 5.41) is 1.18. The van der Waals surface area contributed by atoms with Crippen molar-refractivity contribution in [1.29, 1.82) is 0 Å². The highest BCUT2D eigenvalue weighted by atomic mass is 16.3. The first kappa shape index (κ1) is 14.6. The molecule has 22 heavy (non-hydrogen) atoms. The average molecular weight is 291 g/mol. The summed E-state index contributed by atoms with van der Waals surface area (Å²) in [5.74, 6) is 0. The van der Waals surface area contributed by atoms with E-state index in [2.05, 4.69) is 66.6 Å². The Balaban J connectivity index is 1.53. The molecule has 0 amide bonds. The van der Waals surface area contributed by atoms with Crippen molar-refractivity contribution < 1.29 is 4.42 Å². The number of nitrogens with zero attached hydrogens (tertiary/aromatic N) is 1. The SMILES string of the molecule is CN(CC/C=C/c1ccccc1)Cc1cccc2ccoc12. The highest BCUT2D eigenvalue weighted by Gasteiger charge is 2.06. The minimum atomic E-state index is 0.907. The van der Waals surface area contributed by atoms with Crippen molar-refractivity contribution in [2.24, 2.45) is 0 Å². The van der Waals surface area contributed by atoms with Crippen LogP contribution >= 0.6 is 0 Å². The van der Waals surface area contributed by atoms with Crippen LogP contribution in [0.3, 0.4) is 0 Å². The molecule has 112 valence electrons. The Hall–Kier alpha value is -2.32. The Morgan fingerprint density at radius 2 is 1.86 bits per heavy atom. The van der Waals surface area contributed by atoms with E-state index in [0.717, 1.165) is 25.1 Å². The van der Waals surface area contributed by atoms with Gasteiger partial charge in [-0.3, -0.25) is 0 Å². The molecule has 0 unspecified atom stereocenters. The van der Waals surface area contributed by atoms with Gasteiger partial charge in [-0.2, -0.15) is 0 Å². The van der Waals surface area contributed by atoms with Gasteiger partial charge in [0.2, 0.25) is 0 Å². The molecule has 0 aliphatic heterocycles. The predicted octanol–water partition coefficient (Wildman–Crippen LogP) is 4.97. The minimum Gasteiger partial charge on any atom is -0.464 e. The molecule has 0 N–H and O–H groups in total. The largest absolute Gasteiger partial charge is 0.464 e. The molecule has 0 bridgehead atoms. The van der Waals surface area contributed by atoms with E-state index in [4.69, 9.17) is 4.42 Å². The first-order valence-corrected chi connectivity index (χ1v) is 7.68. The summed E-state index contributed by atoms with van der Waals surface area (Å²) in [6.07, 6.45) is 7.22. The quantitative estimate of drug-likeness (QED) is 0.637. The van der Waals surface area contributed by atoms with Gasteiger partial charge in [-0.1, -0.05) is 60.7 Å². The fourth-order valence-electron chi connectivity index (χ4n) is 2.63. The molecule has 0 fully saturated rings. The first-order chi connectivity index (χ1) is 10.8. The fraction of sp³-hybridized carbons (Fsp3) is 0.200. The number of rotatable bonds is 6. The second-order valence-corrected chi connectivity index (χ2v) is 5.60. The van der Waals surface area contributed by atoms with Gasteiger partial charge in [-0.05, 0) is 25.1 Å². The van der Waals surface area contributed by atoms with Gasteiger partial charge in [0.05, 0.1) is 6.26 Å². The van der Waals surface area contributed by atoms with Crippen molar-refractivity contribution in [3.63, 3.8) is 0 Å². The molecule has 3 rings (SSSR count). The fourth-order valence-corrected chi connectivity index (χ4v) is 2.63. The van der Waals surface area contributed by atoms with Gasteiger partial charge in [0.1, 0.15) is 5.58 Å². The van der Waals surface area contributed by atoms with Gasteiger partial charge in [0.15, 0.2) is 0 Å². The molecule has 3 aromatic rings. The molecular weight excluding hydrogens is 270 g/mol. The Bertz CT molecular complexity index is 743. The molecule has 2 nitrogen and oxygen atoms in total. The van der Waals surface area contributed by atoms with Crippen LogP contribution in [0.4, 0.5) is 0 Å². The molecule has 0 saturated heterocycles. The first-order valence-electron chi connectivity index (χ1n) is 7.68. The van der Waals surface area contributed by atoms with Gasteiger partial charge in [0, 0.05) is 24.0 Å². The van der Waals surface area contributed by atoms with E-state index >= 15 is 0 Å². The predicted molar refractivity (Wildman–Crippen MR) is 92.6 cm³/mol. The van der Waals surface area contributed by atoms with Crippen LogP contribution in [0.2, 0.25) is 0 Å². The van der Waals surface area contributed by atoms with E-state index in [0.29, 0.717) is 0 Å². The van der Waals surface area contributed by atoms with Crippen LogP contribution in [0, 0.1) is 0 Å². The third-order valence-corrected chi connectivity index (χ3v) is 3.79. The van der Waals surface area contributed by atoms with E-state index < -0.39 is 0 Å². The van der Waals surface area contributed by atoms with E-state index in [-0.39, 0.29) is 0 Å². The van der Waals surface area contributed by atoms with Crippen molar-refractivity contribution in [2.45, 2.75) is 13.0 Å². The van der Waals surface area contributed by atoms with Crippen LogP contribution in [0.15, 0.2) is 71.4 Å².